The number of hydrogen-bond donors (Lipinski definition) is 3. The molecule has 0 amide bonds. The molecule has 23 heavy (non-hydrogen) atoms. The van der Waals surface area contributed by atoms with Crippen LogP contribution >= 0.6 is 12.2 Å². The van der Waals surface area contributed by atoms with Crippen LogP contribution in [0.2, 0.25) is 0 Å². The van der Waals surface area contributed by atoms with Crippen molar-refractivity contribution >= 4 is 28.7 Å². The summed E-state index contributed by atoms with van der Waals surface area (Å²) in [5, 5.41) is 21.1. The van der Waals surface area contributed by atoms with Crippen LogP contribution in [-0.4, -0.2) is 29.2 Å². The molecule has 2 rings (SSSR count). The first kappa shape index (κ1) is 17.5. The summed E-state index contributed by atoms with van der Waals surface area (Å²) in [5.74, 6) is 0.668. The molecule has 7 heteroatoms. The minimum atomic E-state index is -0.401. The van der Waals surface area contributed by atoms with E-state index in [0.29, 0.717) is 30.2 Å². The summed E-state index contributed by atoms with van der Waals surface area (Å²) in [6.45, 7) is 3.67. The van der Waals surface area contributed by atoms with Gasteiger partial charge >= 0.3 is 0 Å². The van der Waals surface area contributed by atoms with Gasteiger partial charge in [-0.1, -0.05) is 19.8 Å². The molecular formula is C16H24N4O2S. The van der Waals surface area contributed by atoms with Crippen molar-refractivity contribution in [2.24, 2.45) is 5.92 Å². The van der Waals surface area contributed by atoms with Crippen molar-refractivity contribution < 1.29 is 4.92 Å². The lowest BCUT2D eigenvalue weighted by molar-refractivity contribution is -0.384. The third kappa shape index (κ3) is 5.67. The van der Waals surface area contributed by atoms with Crippen LogP contribution in [0.25, 0.3) is 0 Å². The molecule has 1 aromatic rings. The molecule has 1 aliphatic rings. The maximum absolute atomic E-state index is 10.6. The van der Waals surface area contributed by atoms with E-state index in [-0.39, 0.29) is 5.69 Å². The van der Waals surface area contributed by atoms with E-state index in [4.69, 9.17) is 12.2 Å². The number of benzene rings is 1. The summed E-state index contributed by atoms with van der Waals surface area (Å²) in [4.78, 5) is 10.2. The van der Waals surface area contributed by atoms with Crippen molar-refractivity contribution in [1.82, 2.24) is 10.6 Å². The first-order chi connectivity index (χ1) is 11.1. The Morgan fingerprint density at radius 2 is 1.96 bits per heavy atom. The molecule has 126 valence electrons. The molecule has 0 saturated heterocycles. The highest BCUT2D eigenvalue weighted by atomic mass is 32.1. The zero-order chi connectivity index (χ0) is 16.7. The summed E-state index contributed by atoms with van der Waals surface area (Å²) < 4.78 is 0. The molecule has 0 aromatic heterocycles. The van der Waals surface area contributed by atoms with E-state index in [1.54, 1.807) is 12.1 Å². The molecule has 0 heterocycles. The Hall–Kier alpha value is -1.89. The summed E-state index contributed by atoms with van der Waals surface area (Å²) in [5.41, 5.74) is 0.956. The van der Waals surface area contributed by atoms with E-state index in [0.717, 1.165) is 5.69 Å². The van der Waals surface area contributed by atoms with Gasteiger partial charge in [-0.25, -0.2) is 0 Å². The van der Waals surface area contributed by atoms with Gasteiger partial charge in [0.1, 0.15) is 0 Å². The Bertz CT molecular complexity index is 535. The first-order valence-electron chi connectivity index (χ1n) is 8.09. The summed E-state index contributed by atoms with van der Waals surface area (Å²) in [7, 11) is 0. The predicted molar refractivity (Wildman–Crippen MR) is 96.7 cm³/mol. The standard InChI is InChI=1S/C16H24N4O2S/c1-12-4-2-3-5-15(12)19-16(23)18-11-10-17-13-6-8-14(9-7-13)20(21)22/h6-9,12,15,17H,2-5,10-11H2,1H3,(H2,18,19,23)/t12-,15-/m0/s1. The third-order valence-corrected chi connectivity index (χ3v) is 4.51. The van der Waals surface area contributed by atoms with Crippen molar-refractivity contribution in [3.63, 3.8) is 0 Å². The molecule has 1 fully saturated rings. The molecule has 0 bridgehead atoms. The first-order valence-corrected chi connectivity index (χ1v) is 8.50. The third-order valence-electron chi connectivity index (χ3n) is 4.25. The fourth-order valence-corrected chi connectivity index (χ4v) is 3.09. The number of nitro groups is 1. The summed E-state index contributed by atoms with van der Waals surface area (Å²) >= 11 is 5.34. The maximum Gasteiger partial charge on any atom is 0.269 e. The largest absolute Gasteiger partial charge is 0.383 e. The molecule has 1 aromatic carbocycles. The average molecular weight is 336 g/mol. The second kappa shape index (κ2) is 8.67. The van der Waals surface area contributed by atoms with Crippen LogP contribution in [0.1, 0.15) is 32.6 Å². The number of thiocarbonyl (C=S) groups is 1. The van der Waals surface area contributed by atoms with Crippen LogP contribution in [0.4, 0.5) is 11.4 Å². The van der Waals surface area contributed by atoms with E-state index < -0.39 is 4.92 Å². The quantitative estimate of drug-likeness (QED) is 0.321. The van der Waals surface area contributed by atoms with Crippen LogP contribution in [0, 0.1) is 16.0 Å². The molecule has 3 N–H and O–H groups in total. The molecular weight excluding hydrogens is 312 g/mol. The van der Waals surface area contributed by atoms with E-state index in [2.05, 4.69) is 22.9 Å². The number of hydrogen-bond acceptors (Lipinski definition) is 4. The van der Waals surface area contributed by atoms with Gasteiger partial charge in [0.25, 0.3) is 5.69 Å². The van der Waals surface area contributed by atoms with Gasteiger partial charge in [0.15, 0.2) is 5.11 Å². The van der Waals surface area contributed by atoms with Crippen LogP contribution < -0.4 is 16.0 Å². The van der Waals surface area contributed by atoms with Crippen LogP contribution in [-0.2, 0) is 0 Å². The zero-order valence-corrected chi connectivity index (χ0v) is 14.2. The predicted octanol–water partition coefficient (Wildman–Crippen LogP) is 3.05. The SMILES string of the molecule is C[C@H]1CCCC[C@@H]1NC(=S)NCCNc1ccc([N+](=O)[O-])cc1. The molecule has 6 nitrogen and oxygen atoms in total. The zero-order valence-electron chi connectivity index (χ0n) is 13.4. The van der Waals surface area contributed by atoms with E-state index in [1.807, 2.05) is 0 Å². The summed E-state index contributed by atoms with van der Waals surface area (Å²) in [6, 6.07) is 6.88. The fourth-order valence-electron chi connectivity index (χ4n) is 2.83. The molecule has 0 radical (unpaired) electrons. The molecule has 0 aliphatic heterocycles. The Morgan fingerprint density at radius 1 is 1.26 bits per heavy atom. The number of non-ortho nitro benzene ring substituents is 1. The molecule has 0 unspecified atom stereocenters. The van der Waals surface area contributed by atoms with Gasteiger partial charge in [-0.15, -0.1) is 0 Å². The summed E-state index contributed by atoms with van der Waals surface area (Å²) in [6.07, 6.45) is 5.04. The van der Waals surface area contributed by atoms with Crippen molar-refractivity contribution in [3.8, 4) is 0 Å². The normalized spacial score (nSPS) is 20.6. The van der Waals surface area contributed by atoms with Crippen molar-refractivity contribution in [3.05, 3.63) is 34.4 Å². The fraction of sp³-hybridized carbons (Fsp3) is 0.562. The molecule has 1 saturated carbocycles. The van der Waals surface area contributed by atoms with Gasteiger partial charge in [0.2, 0.25) is 0 Å². The van der Waals surface area contributed by atoms with Crippen LogP contribution in [0.15, 0.2) is 24.3 Å². The van der Waals surface area contributed by atoms with Crippen molar-refractivity contribution in [1.29, 1.82) is 0 Å². The highest BCUT2D eigenvalue weighted by molar-refractivity contribution is 7.80. The second-order valence-corrected chi connectivity index (χ2v) is 6.41. The number of anilines is 1. The van der Waals surface area contributed by atoms with Gasteiger partial charge < -0.3 is 16.0 Å². The Balaban J connectivity index is 1.64. The van der Waals surface area contributed by atoms with Crippen LogP contribution in [0.5, 0.6) is 0 Å². The van der Waals surface area contributed by atoms with Gasteiger partial charge in [-0.2, -0.15) is 0 Å². The van der Waals surface area contributed by atoms with E-state index >= 15 is 0 Å². The minimum absolute atomic E-state index is 0.0978. The lowest BCUT2D eigenvalue weighted by atomic mass is 9.86. The number of nitro benzene ring substituents is 1. The van der Waals surface area contributed by atoms with Gasteiger partial charge in [-0.05, 0) is 43.1 Å². The van der Waals surface area contributed by atoms with Gasteiger partial charge in [0.05, 0.1) is 4.92 Å². The maximum atomic E-state index is 10.6. The van der Waals surface area contributed by atoms with Crippen molar-refractivity contribution in [2.45, 2.75) is 38.6 Å². The Morgan fingerprint density at radius 3 is 2.61 bits per heavy atom. The Kier molecular flexibility index (Phi) is 6.58. The number of nitrogens with one attached hydrogen (secondary N) is 3. The molecule has 2 atom stereocenters. The molecule has 0 spiro atoms. The van der Waals surface area contributed by atoms with E-state index in [1.165, 1.54) is 37.8 Å². The Labute approximate surface area is 142 Å². The van der Waals surface area contributed by atoms with Crippen LogP contribution in [0.3, 0.4) is 0 Å². The topological polar surface area (TPSA) is 79.2 Å². The van der Waals surface area contributed by atoms with Crippen molar-refractivity contribution in [2.75, 3.05) is 18.4 Å². The van der Waals surface area contributed by atoms with Gasteiger partial charge in [0, 0.05) is 37.0 Å². The monoisotopic (exact) mass is 336 g/mol. The smallest absolute Gasteiger partial charge is 0.269 e. The number of nitrogens with zero attached hydrogens (tertiary/aromatic N) is 1. The average Bonchev–Trinajstić information content (AvgIpc) is 2.54. The number of rotatable bonds is 6. The second-order valence-electron chi connectivity index (χ2n) is 6.00. The highest BCUT2D eigenvalue weighted by Crippen LogP contribution is 2.23. The lowest BCUT2D eigenvalue weighted by Crippen LogP contribution is -2.46. The molecule has 1 aliphatic carbocycles. The van der Waals surface area contributed by atoms with E-state index in [9.17, 15) is 10.1 Å². The lowest BCUT2D eigenvalue weighted by Gasteiger charge is -2.30. The highest BCUT2D eigenvalue weighted by Gasteiger charge is 2.21. The van der Waals surface area contributed by atoms with Gasteiger partial charge in [-0.3, -0.25) is 10.1 Å². The minimum Gasteiger partial charge on any atom is -0.383 e.